The molecule has 0 heterocycles. The summed E-state index contributed by atoms with van der Waals surface area (Å²) in [5.41, 5.74) is -0.365. The van der Waals surface area contributed by atoms with Crippen molar-refractivity contribution < 1.29 is 19.8 Å². The Kier molecular flexibility index (Phi) is 5.01. The van der Waals surface area contributed by atoms with Crippen LogP contribution in [-0.2, 0) is 4.79 Å². The van der Waals surface area contributed by atoms with Gasteiger partial charge in [0.2, 0.25) is 0 Å². The molecular weight excluding hydrogens is 210 g/mol. The minimum atomic E-state index is -1.03. The van der Waals surface area contributed by atoms with Gasteiger partial charge >= 0.3 is 12.1 Å². The van der Waals surface area contributed by atoms with E-state index in [0.29, 0.717) is 19.4 Å². The van der Waals surface area contributed by atoms with E-state index in [9.17, 15) is 9.59 Å². The first-order valence-corrected chi connectivity index (χ1v) is 5.08. The van der Waals surface area contributed by atoms with Crippen molar-refractivity contribution >= 4 is 12.1 Å². The molecule has 0 aromatic rings. The summed E-state index contributed by atoms with van der Waals surface area (Å²) in [5, 5.41) is 17.6. The number of aliphatic carboxylic acids is 1. The smallest absolute Gasteiger partial charge is 0.407 e. The van der Waals surface area contributed by atoms with Gasteiger partial charge in [0.25, 0.3) is 0 Å². The number of carbonyl (C=O) groups is 2. The second-order valence-electron chi connectivity index (χ2n) is 4.62. The normalized spacial score (nSPS) is 10.9. The van der Waals surface area contributed by atoms with Gasteiger partial charge in [-0.25, -0.2) is 9.59 Å². The molecule has 5 nitrogen and oxygen atoms in total. The second kappa shape index (κ2) is 5.53. The summed E-state index contributed by atoms with van der Waals surface area (Å²) in [6, 6.07) is 0. The fourth-order valence-electron chi connectivity index (χ4n) is 1.28. The van der Waals surface area contributed by atoms with Gasteiger partial charge < -0.3 is 15.1 Å². The molecule has 0 fully saturated rings. The molecule has 0 unspecified atom stereocenters. The van der Waals surface area contributed by atoms with Crippen molar-refractivity contribution in [3.05, 3.63) is 12.2 Å². The van der Waals surface area contributed by atoms with E-state index in [1.807, 2.05) is 0 Å². The highest BCUT2D eigenvalue weighted by Gasteiger charge is 2.25. The van der Waals surface area contributed by atoms with Crippen molar-refractivity contribution in [3.63, 3.8) is 0 Å². The van der Waals surface area contributed by atoms with Gasteiger partial charge in [-0.3, -0.25) is 0 Å². The molecule has 5 heteroatoms. The minimum Gasteiger partial charge on any atom is -0.478 e. The summed E-state index contributed by atoms with van der Waals surface area (Å²) in [7, 11) is 0. The minimum absolute atomic E-state index is 0.110. The van der Waals surface area contributed by atoms with Crippen LogP contribution in [0.3, 0.4) is 0 Å². The molecule has 0 spiro atoms. The van der Waals surface area contributed by atoms with E-state index in [4.69, 9.17) is 10.2 Å². The Hall–Kier alpha value is -1.52. The molecule has 0 aliphatic carbocycles. The van der Waals surface area contributed by atoms with Crippen molar-refractivity contribution in [1.29, 1.82) is 0 Å². The monoisotopic (exact) mass is 229 g/mol. The van der Waals surface area contributed by atoms with Crippen LogP contribution in [0.15, 0.2) is 12.2 Å². The lowest BCUT2D eigenvalue weighted by atomic mass is 10.1. The van der Waals surface area contributed by atoms with Crippen molar-refractivity contribution in [2.45, 2.75) is 39.2 Å². The van der Waals surface area contributed by atoms with Gasteiger partial charge in [0, 0.05) is 17.7 Å². The predicted molar refractivity (Wildman–Crippen MR) is 60.5 cm³/mol. The number of rotatable bonds is 5. The van der Waals surface area contributed by atoms with Gasteiger partial charge in [0.15, 0.2) is 0 Å². The zero-order valence-corrected chi connectivity index (χ0v) is 9.99. The first-order valence-electron chi connectivity index (χ1n) is 5.08. The Morgan fingerprint density at radius 2 is 1.75 bits per heavy atom. The number of amides is 1. The Balaban J connectivity index is 4.21. The molecule has 0 radical (unpaired) electrons. The first kappa shape index (κ1) is 14.5. The molecule has 0 bridgehead atoms. The van der Waals surface area contributed by atoms with E-state index in [1.165, 1.54) is 4.90 Å². The van der Waals surface area contributed by atoms with Crippen LogP contribution in [0, 0.1) is 0 Å². The molecule has 0 rings (SSSR count). The standard InChI is InChI=1S/C11H19NO4/c1-8(9(13)14)6-5-7-12(10(15)16)11(2,3)4/h1,5-7H2,2-4H3,(H,13,14)(H,15,16). The highest BCUT2D eigenvalue weighted by Crippen LogP contribution is 2.15. The molecular formula is C11H19NO4. The van der Waals surface area contributed by atoms with Crippen LogP contribution >= 0.6 is 0 Å². The summed E-state index contributed by atoms with van der Waals surface area (Å²) in [5.74, 6) is -1.03. The number of carboxylic acid groups (broad SMARTS) is 2. The Labute approximate surface area is 95.4 Å². The van der Waals surface area contributed by atoms with E-state index in [0.717, 1.165) is 0 Å². The number of hydrogen-bond donors (Lipinski definition) is 2. The van der Waals surface area contributed by atoms with Crippen LogP contribution in [0.5, 0.6) is 0 Å². The van der Waals surface area contributed by atoms with Crippen molar-refractivity contribution in [2.75, 3.05) is 6.54 Å². The molecule has 0 saturated heterocycles. The Bertz CT molecular complexity index is 291. The molecule has 2 N–H and O–H groups in total. The fraction of sp³-hybridized carbons (Fsp3) is 0.636. The van der Waals surface area contributed by atoms with Crippen LogP contribution < -0.4 is 0 Å². The SMILES string of the molecule is C=C(CCCN(C(=O)O)C(C)(C)C)C(=O)O. The van der Waals surface area contributed by atoms with Crippen molar-refractivity contribution in [2.24, 2.45) is 0 Å². The Morgan fingerprint density at radius 1 is 1.25 bits per heavy atom. The van der Waals surface area contributed by atoms with E-state index in [2.05, 4.69) is 6.58 Å². The maximum absolute atomic E-state index is 10.9. The van der Waals surface area contributed by atoms with Crippen molar-refractivity contribution in [1.82, 2.24) is 4.90 Å². The largest absolute Gasteiger partial charge is 0.478 e. The van der Waals surface area contributed by atoms with Crippen LogP contribution in [0.25, 0.3) is 0 Å². The maximum Gasteiger partial charge on any atom is 0.407 e. The number of hydrogen-bond acceptors (Lipinski definition) is 2. The van der Waals surface area contributed by atoms with E-state index in [1.54, 1.807) is 20.8 Å². The molecule has 0 atom stereocenters. The molecule has 0 aromatic heterocycles. The van der Waals surface area contributed by atoms with Gasteiger partial charge in [0.1, 0.15) is 0 Å². The highest BCUT2D eigenvalue weighted by molar-refractivity contribution is 5.85. The molecule has 92 valence electrons. The average molecular weight is 229 g/mol. The molecule has 0 aliphatic rings. The summed E-state index contributed by atoms with van der Waals surface area (Å²) in [4.78, 5) is 22.7. The molecule has 0 saturated carbocycles. The van der Waals surface area contributed by atoms with Crippen LogP contribution in [0.2, 0.25) is 0 Å². The summed E-state index contributed by atoms with van der Waals surface area (Å²) >= 11 is 0. The maximum atomic E-state index is 10.9. The zero-order valence-electron chi connectivity index (χ0n) is 9.99. The third-order valence-electron chi connectivity index (χ3n) is 2.20. The quantitative estimate of drug-likeness (QED) is 0.708. The lowest BCUT2D eigenvalue weighted by molar-refractivity contribution is -0.132. The lowest BCUT2D eigenvalue weighted by Gasteiger charge is -2.33. The third kappa shape index (κ3) is 4.82. The van der Waals surface area contributed by atoms with Crippen LogP contribution in [-0.4, -0.2) is 39.3 Å². The van der Waals surface area contributed by atoms with Gasteiger partial charge in [-0.1, -0.05) is 6.58 Å². The molecule has 0 aliphatic heterocycles. The van der Waals surface area contributed by atoms with E-state index < -0.39 is 17.6 Å². The van der Waals surface area contributed by atoms with E-state index >= 15 is 0 Å². The highest BCUT2D eigenvalue weighted by atomic mass is 16.4. The summed E-state index contributed by atoms with van der Waals surface area (Å²) in [6.45, 7) is 9.10. The van der Waals surface area contributed by atoms with Crippen LogP contribution in [0.4, 0.5) is 4.79 Å². The van der Waals surface area contributed by atoms with Gasteiger partial charge in [-0.15, -0.1) is 0 Å². The van der Waals surface area contributed by atoms with Crippen molar-refractivity contribution in [3.8, 4) is 0 Å². The fourth-order valence-corrected chi connectivity index (χ4v) is 1.28. The van der Waals surface area contributed by atoms with Gasteiger partial charge in [0.05, 0.1) is 0 Å². The molecule has 1 amide bonds. The first-order chi connectivity index (χ1) is 7.16. The summed E-state index contributed by atoms with van der Waals surface area (Å²) in [6.07, 6.45) is -0.224. The topological polar surface area (TPSA) is 77.8 Å². The number of carboxylic acids is 1. The predicted octanol–water partition coefficient (Wildman–Crippen LogP) is 2.19. The average Bonchev–Trinajstić information content (AvgIpc) is 2.08. The molecule has 16 heavy (non-hydrogen) atoms. The second-order valence-corrected chi connectivity index (χ2v) is 4.62. The zero-order chi connectivity index (χ0) is 12.9. The molecule has 0 aromatic carbocycles. The summed E-state index contributed by atoms with van der Waals surface area (Å²) < 4.78 is 0. The Morgan fingerprint density at radius 3 is 2.06 bits per heavy atom. The third-order valence-corrected chi connectivity index (χ3v) is 2.20. The van der Waals surface area contributed by atoms with Crippen LogP contribution in [0.1, 0.15) is 33.6 Å². The van der Waals surface area contributed by atoms with Gasteiger partial charge in [-0.2, -0.15) is 0 Å². The van der Waals surface area contributed by atoms with Gasteiger partial charge in [-0.05, 0) is 33.6 Å². The van der Waals surface area contributed by atoms with E-state index in [-0.39, 0.29) is 5.57 Å². The number of nitrogens with zero attached hydrogens (tertiary/aromatic N) is 1. The lowest BCUT2D eigenvalue weighted by Crippen LogP contribution is -2.45.